The highest BCUT2D eigenvalue weighted by molar-refractivity contribution is 5.19. The maximum absolute atomic E-state index is 5.67. The predicted octanol–water partition coefficient (Wildman–Crippen LogP) is 3.58. The zero-order chi connectivity index (χ0) is 13.4. The van der Waals surface area contributed by atoms with Crippen molar-refractivity contribution in [2.45, 2.75) is 52.2 Å². The van der Waals surface area contributed by atoms with Crippen molar-refractivity contribution >= 4 is 0 Å². The lowest BCUT2D eigenvalue weighted by Crippen LogP contribution is -2.28. The van der Waals surface area contributed by atoms with Gasteiger partial charge in [0.2, 0.25) is 0 Å². The zero-order valence-corrected chi connectivity index (χ0v) is 12.1. The largest absolute Gasteiger partial charge is 0.379 e. The number of hydrogen-bond donors (Lipinski definition) is 1. The lowest BCUT2D eigenvalue weighted by molar-refractivity contribution is 0.0732. The van der Waals surface area contributed by atoms with Crippen molar-refractivity contribution < 1.29 is 4.74 Å². The van der Waals surface area contributed by atoms with Crippen LogP contribution in [0.4, 0.5) is 0 Å². The molecule has 0 aliphatic heterocycles. The summed E-state index contributed by atoms with van der Waals surface area (Å²) in [4.78, 5) is 0. The van der Waals surface area contributed by atoms with E-state index in [9.17, 15) is 0 Å². The topological polar surface area (TPSA) is 21.3 Å². The first kappa shape index (κ1) is 15.2. The van der Waals surface area contributed by atoms with E-state index in [2.05, 4.69) is 63.3 Å². The number of rotatable bonds is 8. The molecule has 1 atom stereocenters. The standard InChI is InChI=1S/C16H27NO/c1-13(2)17-12-16(10-11-18-14(3)4)15-8-6-5-7-9-15/h5-9,13-14,16-17H,10-12H2,1-4H3. The minimum absolute atomic E-state index is 0.319. The van der Waals surface area contributed by atoms with Gasteiger partial charge in [0.15, 0.2) is 0 Å². The molecule has 0 aliphatic carbocycles. The highest BCUT2D eigenvalue weighted by Gasteiger charge is 2.12. The van der Waals surface area contributed by atoms with Crippen LogP contribution >= 0.6 is 0 Å². The smallest absolute Gasteiger partial charge is 0.0518 e. The summed E-state index contributed by atoms with van der Waals surface area (Å²) in [5.74, 6) is 0.535. The molecule has 0 saturated carbocycles. The molecule has 0 aromatic heterocycles. The third-order valence-corrected chi connectivity index (χ3v) is 2.96. The number of nitrogens with one attached hydrogen (secondary N) is 1. The highest BCUT2D eigenvalue weighted by atomic mass is 16.5. The molecule has 102 valence electrons. The molecule has 1 N–H and O–H groups in total. The van der Waals surface area contributed by atoms with Crippen molar-refractivity contribution in [1.82, 2.24) is 5.32 Å². The van der Waals surface area contributed by atoms with E-state index in [1.807, 2.05) is 0 Å². The Labute approximate surface area is 112 Å². The van der Waals surface area contributed by atoms with Crippen LogP contribution in [0.15, 0.2) is 30.3 Å². The Morgan fingerprint density at radius 1 is 1.06 bits per heavy atom. The second-order valence-electron chi connectivity index (χ2n) is 5.38. The predicted molar refractivity (Wildman–Crippen MR) is 78.0 cm³/mol. The van der Waals surface area contributed by atoms with Crippen molar-refractivity contribution in [1.29, 1.82) is 0 Å². The average Bonchev–Trinajstić information content (AvgIpc) is 2.34. The molecule has 18 heavy (non-hydrogen) atoms. The number of benzene rings is 1. The van der Waals surface area contributed by atoms with E-state index in [1.54, 1.807) is 0 Å². The van der Waals surface area contributed by atoms with Crippen LogP contribution < -0.4 is 5.32 Å². The molecule has 0 fully saturated rings. The van der Waals surface area contributed by atoms with Crippen molar-refractivity contribution in [2.75, 3.05) is 13.2 Å². The summed E-state index contributed by atoms with van der Waals surface area (Å²) in [5, 5.41) is 3.53. The molecule has 0 saturated heterocycles. The maximum Gasteiger partial charge on any atom is 0.0518 e. The van der Waals surface area contributed by atoms with E-state index < -0.39 is 0 Å². The molecule has 2 nitrogen and oxygen atoms in total. The Kier molecular flexibility index (Phi) is 6.99. The molecule has 1 unspecified atom stereocenters. The van der Waals surface area contributed by atoms with E-state index >= 15 is 0 Å². The van der Waals surface area contributed by atoms with Crippen molar-refractivity contribution in [2.24, 2.45) is 0 Å². The fourth-order valence-electron chi connectivity index (χ4n) is 1.94. The Morgan fingerprint density at radius 2 is 1.72 bits per heavy atom. The quantitative estimate of drug-likeness (QED) is 0.760. The summed E-state index contributed by atoms with van der Waals surface area (Å²) in [7, 11) is 0. The van der Waals surface area contributed by atoms with E-state index in [1.165, 1.54) is 5.56 Å². The Bertz CT molecular complexity index is 308. The van der Waals surface area contributed by atoms with Gasteiger partial charge in [-0.25, -0.2) is 0 Å². The summed E-state index contributed by atoms with van der Waals surface area (Å²) in [6, 6.07) is 11.2. The minimum atomic E-state index is 0.319. The van der Waals surface area contributed by atoms with Gasteiger partial charge in [0.1, 0.15) is 0 Å². The summed E-state index contributed by atoms with van der Waals surface area (Å²) in [6.07, 6.45) is 1.39. The van der Waals surface area contributed by atoms with E-state index in [4.69, 9.17) is 4.74 Å². The number of hydrogen-bond acceptors (Lipinski definition) is 2. The lowest BCUT2D eigenvalue weighted by atomic mass is 9.96. The third kappa shape index (κ3) is 6.18. The first-order valence-electron chi connectivity index (χ1n) is 6.99. The molecule has 0 spiro atoms. The van der Waals surface area contributed by atoms with Crippen molar-refractivity contribution in [3.05, 3.63) is 35.9 Å². The molecule has 0 bridgehead atoms. The van der Waals surface area contributed by atoms with E-state index in [-0.39, 0.29) is 0 Å². The summed E-state index contributed by atoms with van der Waals surface area (Å²) in [6.45, 7) is 10.4. The Hall–Kier alpha value is -0.860. The van der Waals surface area contributed by atoms with Gasteiger partial charge in [0.25, 0.3) is 0 Å². The maximum atomic E-state index is 5.67. The van der Waals surface area contributed by atoms with Gasteiger partial charge in [-0.15, -0.1) is 0 Å². The third-order valence-electron chi connectivity index (χ3n) is 2.96. The first-order valence-corrected chi connectivity index (χ1v) is 6.99. The lowest BCUT2D eigenvalue weighted by Gasteiger charge is -2.20. The summed E-state index contributed by atoms with van der Waals surface area (Å²) < 4.78 is 5.67. The van der Waals surface area contributed by atoms with Crippen molar-refractivity contribution in [3.63, 3.8) is 0 Å². The molecule has 1 rings (SSSR count). The molecule has 0 aliphatic rings. The van der Waals surface area contributed by atoms with Gasteiger partial charge in [0, 0.05) is 19.2 Å². The van der Waals surface area contributed by atoms with E-state index in [0.717, 1.165) is 19.6 Å². The van der Waals surface area contributed by atoms with Crippen LogP contribution in [0.5, 0.6) is 0 Å². The van der Waals surface area contributed by atoms with Gasteiger partial charge in [-0.1, -0.05) is 44.2 Å². The normalized spacial score (nSPS) is 13.2. The van der Waals surface area contributed by atoms with Crippen LogP contribution in [-0.4, -0.2) is 25.3 Å². The van der Waals surface area contributed by atoms with Crippen molar-refractivity contribution in [3.8, 4) is 0 Å². The first-order chi connectivity index (χ1) is 8.59. The SMILES string of the molecule is CC(C)NCC(CCOC(C)C)c1ccccc1. The van der Waals surface area contributed by atoms with Gasteiger partial charge >= 0.3 is 0 Å². The Balaban J connectivity index is 2.52. The second-order valence-corrected chi connectivity index (χ2v) is 5.38. The molecule has 0 radical (unpaired) electrons. The fourth-order valence-corrected chi connectivity index (χ4v) is 1.94. The fraction of sp³-hybridized carbons (Fsp3) is 0.625. The van der Waals surface area contributed by atoms with Crippen LogP contribution in [0.1, 0.15) is 45.6 Å². The monoisotopic (exact) mass is 249 g/mol. The van der Waals surface area contributed by atoms with Gasteiger partial charge in [-0.05, 0) is 31.7 Å². The van der Waals surface area contributed by atoms with Gasteiger partial charge < -0.3 is 10.1 Å². The second kappa shape index (κ2) is 8.28. The molecular weight excluding hydrogens is 222 g/mol. The zero-order valence-electron chi connectivity index (χ0n) is 12.1. The van der Waals surface area contributed by atoms with Crippen LogP contribution in [0.2, 0.25) is 0 Å². The molecule has 1 aromatic carbocycles. The van der Waals surface area contributed by atoms with Gasteiger partial charge in [-0.3, -0.25) is 0 Å². The summed E-state index contributed by atoms with van der Waals surface area (Å²) >= 11 is 0. The molecule has 0 heterocycles. The van der Waals surface area contributed by atoms with Crippen LogP contribution in [0, 0.1) is 0 Å². The number of ether oxygens (including phenoxy) is 1. The molecule has 0 amide bonds. The Morgan fingerprint density at radius 3 is 2.28 bits per heavy atom. The summed E-state index contributed by atoms with van der Waals surface area (Å²) in [5.41, 5.74) is 1.40. The molecule has 1 aromatic rings. The molecular formula is C16H27NO. The minimum Gasteiger partial charge on any atom is -0.379 e. The average molecular weight is 249 g/mol. The van der Waals surface area contributed by atoms with Crippen LogP contribution in [-0.2, 0) is 4.74 Å². The van der Waals surface area contributed by atoms with Gasteiger partial charge in [0.05, 0.1) is 6.10 Å². The molecule has 2 heteroatoms. The van der Waals surface area contributed by atoms with Gasteiger partial charge in [-0.2, -0.15) is 0 Å². The van der Waals surface area contributed by atoms with Crippen LogP contribution in [0.25, 0.3) is 0 Å². The van der Waals surface area contributed by atoms with Crippen LogP contribution in [0.3, 0.4) is 0 Å². The highest BCUT2D eigenvalue weighted by Crippen LogP contribution is 2.19. The van der Waals surface area contributed by atoms with E-state index in [0.29, 0.717) is 18.1 Å².